The second-order valence-corrected chi connectivity index (χ2v) is 3.82. The molecule has 18 heavy (non-hydrogen) atoms. The van der Waals surface area contributed by atoms with Gasteiger partial charge < -0.3 is 15.3 Å². The summed E-state index contributed by atoms with van der Waals surface area (Å²) in [5.41, 5.74) is -1.06. The Balaban J connectivity index is 2.87. The molecule has 1 aliphatic carbocycles. The number of allylic oxidation sites excluding steroid dienone is 1. The van der Waals surface area contributed by atoms with Gasteiger partial charge in [-0.25, -0.2) is 0 Å². The van der Waals surface area contributed by atoms with Crippen LogP contribution < -0.4 is 0 Å². The molecule has 6 heteroatoms. The van der Waals surface area contributed by atoms with Gasteiger partial charge in [0.15, 0.2) is 5.78 Å². The number of carbonyl (C=O) groups excluding carboxylic acids is 3. The minimum absolute atomic E-state index is 0.317. The van der Waals surface area contributed by atoms with Crippen molar-refractivity contribution in [3.05, 3.63) is 28.8 Å². The zero-order valence-corrected chi connectivity index (χ0v) is 9.22. The molecule has 0 atom stereocenters. The molecule has 0 fully saturated rings. The van der Waals surface area contributed by atoms with Crippen LogP contribution in [0.25, 0.3) is 5.76 Å². The largest absolute Gasteiger partial charge is 0.507 e. The molecule has 0 saturated carbocycles. The number of carbonyl (C=O) groups is 3. The molecule has 92 valence electrons. The lowest BCUT2D eigenvalue weighted by Crippen LogP contribution is -2.19. The molecule has 0 heterocycles. The fraction of sp³-hybridized carbons (Fsp3) is 0.0833. The molecular formula is C12H8O6. The number of ketones is 3. The molecule has 0 aromatic heterocycles. The van der Waals surface area contributed by atoms with E-state index in [2.05, 4.69) is 0 Å². The second kappa shape index (κ2) is 3.69. The van der Waals surface area contributed by atoms with Crippen LogP contribution in [0.1, 0.15) is 33.2 Å². The van der Waals surface area contributed by atoms with Crippen LogP contribution in [0, 0.1) is 0 Å². The van der Waals surface area contributed by atoms with Gasteiger partial charge >= 0.3 is 0 Å². The molecule has 3 N–H and O–H groups in total. The molecule has 1 aromatic rings. The van der Waals surface area contributed by atoms with E-state index in [4.69, 9.17) is 0 Å². The summed E-state index contributed by atoms with van der Waals surface area (Å²) >= 11 is 0. The molecule has 6 nitrogen and oxygen atoms in total. The number of hydrogen-bond acceptors (Lipinski definition) is 6. The first kappa shape index (κ1) is 11.8. The highest BCUT2D eigenvalue weighted by molar-refractivity contribution is 6.50. The van der Waals surface area contributed by atoms with Gasteiger partial charge in [-0.3, -0.25) is 14.4 Å². The maximum Gasteiger partial charge on any atom is 0.234 e. The molecule has 1 aliphatic rings. The predicted octanol–water partition coefficient (Wildman–Crippen LogP) is 0.965. The fourth-order valence-electron chi connectivity index (χ4n) is 1.84. The smallest absolute Gasteiger partial charge is 0.234 e. The first-order valence-corrected chi connectivity index (χ1v) is 4.94. The van der Waals surface area contributed by atoms with Gasteiger partial charge in [-0.2, -0.15) is 0 Å². The standard InChI is InChI=1S/C12H8O6/c1-4(13)9-6(14)2-5-10(12(9)18)7(15)3-8(16)11(5)17/h2-3,14-15,18H,1H3. The molecule has 0 saturated heterocycles. The summed E-state index contributed by atoms with van der Waals surface area (Å²) in [6.45, 7) is 1.11. The third-order valence-electron chi connectivity index (χ3n) is 2.62. The zero-order chi connectivity index (χ0) is 13.6. The van der Waals surface area contributed by atoms with Gasteiger partial charge in [-0.05, 0) is 13.0 Å². The van der Waals surface area contributed by atoms with Gasteiger partial charge in [-0.1, -0.05) is 0 Å². The van der Waals surface area contributed by atoms with E-state index in [1.54, 1.807) is 0 Å². The molecule has 0 amide bonds. The average molecular weight is 248 g/mol. The van der Waals surface area contributed by atoms with Crippen molar-refractivity contribution in [1.82, 2.24) is 0 Å². The highest BCUT2D eigenvalue weighted by Gasteiger charge is 2.32. The van der Waals surface area contributed by atoms with Crippen molar-refractivity contribution < 1.29 is 29.7 Å². The van der Waals surface area contributed by atoms with Gasteiger partial charge in [-0.15, -0.1) is 0 Å². The number of fused-ring (bicyclic) bond motifs is 1. The highest BCUT2D eigenvalue weighted by Crippen LogP contribution is 2.39. The molecule has 0 aliphatic heterocycles. The Morgan fingerprint density at radius 1 is 1.17 bits per heavy atom. The number of aliphatic hydroxyl groups is 1. The highest BCUT2D eigenvalue weighted by atomic mass is 16.3. The monoisotopic (exact) mass is 248 g/mol. The lowest BCUT2D eigenvalue weighted by Gasteiger charge is -2.16. The van der Waals surface area contributed by atoms with Gasteiger partial charge in [0.1, 0.15) is 22.8 Å². The number of Topliss-reactive ketones (excluding diaryl/α,β-unsaturated/α-hetero) is 2. The van der Waals surface area contributed by atoms with Crippen LogP contribution in [0.5, 0.6) is 11.5 Å². The summed E-state index contributed by atoms with van der Waals surface area (Å²) in [5.74, 6) is -4.51. The maximum atomic E-state index is 11.5. The predicted molar refractivity (Wildman–Crippen MR) is 59.7 cm³/mol. The van der Waals surface area contributed by atoms with Crippen molar-refractivity contribution in [2.24, 2.45) is 0 Å². The normalized spacial score (nSPS) is 14.2. The Bertz CT molecular complexity index is 638. The number of aliphatic hydroxyl groups excluding tert-OH is 1. The third-order valence-corrected chi connectivity index (χ3v) is 2.62. The van der Waals surface area contributed by atoms with Crippen LogP contribution >= 0.6 is 0 Å². The molecule has 0 spiro atoms. The summed E-state index contributed by atoms with van der Waals surface area (Å²) in [6, 6.07) is 0.884. The zero-order valence-electron chi connectivity index (χ0n) is 9.22. The van der Waals surface area contributed by atoms with Crippen LogP contribution in [-0.2, 0) is 4.79 Å². The lowest BCUT2D eigenvalue weighted by molar-refractivity contribution is -0.111. The second-order valence-electron chi connectivity index (χ2n) is 3.82. The minimum atomic E-state index is -0.969. The topological polar surface area (TPSA) is 112 Å². The van der Waals surface area contributed by atoms with Gasteiger partial charge in [0, 0.05) is 11.6 Å². The van der Waals surface area contributed by atoms with Crippen molar-refractivity contribution in [1.29, 1.82) is 0 Å². The molecular weight excluding hydrogens is 240 g/mol. The van der Waals surface area contributed by atoms with E-state index in [9.17, 15) is 29.7 Å². The van der Waals surface area contributed by atoms with Crippen LogP contribution in [-0.4, -0.2) is 32.7 Å². The number of benzene rings is 1. The summed E-state index contributed by atoms with van der Waals surface area (Å²) in [5, 5.41) is 28.9. The van der Waals surface area contributed by atoms with Gasteiger partial charge in [0.25, 0.3) is 0 Å². The molecule has 0 bridgehead atoms. The molecule has 0 unspecified atom stereocenters. The third kappa shape index (κ3) is 1.46. The van der Waals surface area contributed by atoms with Gasteiger partial charge in [0.05, 0.1) is 5.56 Å². The van der Waals surface area contributed by atoms with Gasteiger partial charge in [0.2, 0.25) is 11.6 Å². The van der Waals surface area contributed by atoms with E-state index < -0.39 is 40.2 Å². The van der Waals surface area contributed by atoms with Crippen molar-refractivity contribution in [2.45, 2.75) is 6.92 Å². The van der Waals surface area contributed by atoms with Crippen molar-refractivity contribution in [2.75, 3.05) is 0 Å². The van der Waals surface area contributed by atoms with Crippen molar-refractivity contribution >= 4 is 23.1 Å². The summed E-state index contributed by atoms with van der Waals surface area (Å²) < 4.78 is 0. The minimum Gasteiger partial charge on any atom is -0.507 e. The Labute approximate surface area is 101 Å². The van der Waals surface area contributed by atoms with Crippen molar-refractivity contribution in [3.8, 4) is 11.5 Å². The molecule has 2 rings (SSSR count). The number of phenols is 2. The quantitative estimate of drug-likeness (QED) is 0.504. The van der Waals surface area contributed by atoms with E-state index >= 15 is 0 Å². The Kier molecular flexibility index (Phi) is 2.43. The number of hydrogen-bond donors (Lipinski definition) is 3. The lowest BCUT2D eigenvalue weighted by atomic mass is 9.90. The number of phenolic OH excluding ortho intramolecular Hbond substituents is 2. The van der Waals surface area contributed by atoms with Crippen LogP contribution in [0.4, 0.5) is 0 Å². The van der Waals surface area contributed by atoms with E-state index in [1.165, 1.54) is 0 Å². The average Bonchev–Trinajstić information content (AvgIpc) is 2.24. The van der Waals surface area contributed by atoms with E-state index in [0.717, 1.165) is 13.0 Å². The Morgan fingerprint density at radius 3 is 2.33 bits per heavy atom. The van der Waals surface area contributed by atoms with E-state index in [1.807, 2.05) is 0 Å². The number of rotatable bonds is 1. The molecule has 0 radical (unpaired) electrons. The van der Waals surface area contributed by atoms with Crippen LogP contribution in [0.15, 0.2) is 12.1 Å². The summed E-state index contributed by atoms with van der Waals surface area (Å²) in [4.78, 5) is 34.0. The van der Waals surface area contributed by atoms with Crippen LogP contribution in [0.3, 0.4) is 0 Å². The van der Waals surface area contributed by atoms with Crippen LogP contribution in [0.2, 0.25) is 0 Å². The first-order valence-electron chi connectivity index (χ1n) is 4.94. The Morgan fingerprint density at radius 2 is 1.78 bits per heavy atom. The van der Waals surface area contributed by atoms with E-state index in [0.29, 0.717) is 6.08 Å². The van der Waals surface area contributed by atoms with Crippen molar-refractivity contribution in [3.63, 3.8) is 0 Å². The molecule has 1 aromatic carbocycles. The van der Waals surface area contributed by atoms with E-state index in [-0.39, 0.29) is 11.1 Å². The number of aromatic hydroxyl groups is 2. The maximum absolute atomic E-state index is 11.5. The first-order chi connectivity index (χ1) is 8.34. The fourth-order valence-corrected chi connectivity index (χ4v) is 1.84. The summed E-state index contributed by atoms with van der Waals surface area (Å²) in [6.07, 6.45) is 0.658. The Hall–Kier alpha value is -2.63. The summed E-state index contributed by atoms with van der Waals surface area (Å²) in [7, 11) is 0. The SMILES string of the molecule is CC(=O)c1c(O)cc2c(c1O)C(O)=CC(=O)C2=O.